The zero-order chi connectivity index (χ0) is 64.0. The van der Waals surface area contributed by atoms with Gasteiger partial charge in [0.15, 0.2) is 18.9 Å². The lowest BCUT2D eigenvalue weighted by Crippen LogP contribution is -2.66. The van der Waals surface area contributed by atoms with Crippen LogP contribution in [0.5, 0.6) is 0 Å². The van der Waals surface area contributed by atoms with Gasteiger partial charge in [-0.1, -0.05) is 235 Å². The summed E-state index contributed by atoms with van der Waals surface area (Å²) in [6.07, 6.45) is 35.0. The van der Waals surface area contributed by atoms with Crippen molar-refractivity contribution in [3.63, 3.8) is 0 Å². The van der Waals surface area contributed by atoms with Crippen LogP contribution in [0.4, 0.5) is 0 Å². The molecule has 0 aromatic carbocycles. The van der Waals surface area contributed by atoms with E-state index < -0.39 is 124 Å². The third-order valence-electron chi connectivity index (χ3n) is 17.1. The van der Waals surface area contributed by atoms with Crippen molar-refractivity contribution < 1.29 is 89.4 Å². The van der Waals surface area contributed by atoms with E-state index in [-0.39, 0.29) is 18.9 Å². The highest BCUT2D eigenvalue weighted by Gasteiger charge is 2.53. The quantitative estimate of drug-likeness (QED) is 0.0200. The summed E-state index contributed by atoms with van der Waals surface area (Å²) in [5.74, 6) is -0.245. The van der Waals surface area contributed by atoms with E-state index in [0.29, 0.717) is 12.8 Å². The van der Waals surface area contributed by atoms with Crippen molar-refractivity contribution in [3.8, 4) is 0 Å². The Bertz CT molecular complexity index is 1830. The number of ether oxygens (including phenoxy) is 6. The molecule has 512 valence electrons. The largest absolute Gasteiger partial charge is 0.394 e. The number of hydrogen-bond donors (Lipinski definition) is 12. The summed E-state index contributed by atoms with van der Waals surface area (Å²) in [6, 6.07) is -0.885. The molecule has 3 fully saturated rings. The number of nitrogens with one attached hydrogen (secondary N) is 1. The minimum Gasteiger partial charge on any atom is -0.394 e. The second-order valence-corrected chi connectivity index (χ2v) is 24.6. The predicted molar refractivity (Wildman–Crippen MR) is 342 cm³/mol. The molecule has 3 aliphatic rings. The normalized spacial score (nSPS) is 28.8. The van der Waals surface area contributed by atoms with Gasteiger partial charge in [0.05, 0.1) is 38.6 Å². The van der Waals surface area contributed by atoms with Gasteiger partial charge in [0.2, 0.25) is 5.91 Å². The number of unbranched alkanes of at least 4 members (excludes halogenated alkanes) is 26. The van der Waals surface area contributed by atoms with E-state index in [1.165, 1.54) is 128 Å². The van der Waals surface area contributed by atoms with Crippen LogP contribution in [0.25, 0.3) is 0 Å². The minimum atomic E-state index is -1.97. The smallest absolute Gasteiger partial charge is 0.220 e. The Morgan fingerprint density at radius 1 is 0.420 bits per heavy atom. The molecule has 3 rings (SSSR count). The third-order valence-corrected chi connectivity index (χ3v) is 17.1. The molecule has 3 saturated heterocycles. The number of rotatable bonds is 52. The highest BCUT2D eigenvalue weighted by atomic mass is 16.8. The topological polar surface area (TPSA) is 307 Å². The van der Waals surface area contributed by atoms with Crippen LogP contribution in [-0.2, 0) is 33.2 Å². The molecule has 0 spiro atoms. The van der Waals surface area contributed by atoms with E-state index in [1.807, 2.05) is 0 Å². The van der Waals surface area contributed by atoms with Gasteiger partial charge in [0.1, 0.15) is 73.2 Å². The Labute approximate surface area is 528 Å². The SMILES string of the molecule is CC/C=C\C/C=C\C/C=C\C/C=C\C/C=C\CCCCCCCCCCCCCCCCCCCCCC(=O)NC(COC1OC(CO)C(OC2OC(CO)C(OC3OC(CO)C(O)C(O)C3O)C(O)C2O)C(O)C1O)C(O)CCCCCCCCCC. The van der Waals surface area contributed by atoms with Gasteiger partial charge in [-0.15, -0.1) is 0 Å². The maximum Gasteiger partial charge on any atom is 0.220 e. The van der Waals surface area contributed by atoms with Crippen LogP contribution in [-0.4, -0.2) is 193 Å². The molecule has 3 aliphatic heterocycles. The number of aliphatic hydroxyl groups is 11. The molecule has 0 saturated carbocycles. The Hall–Kier alpha value is -2.51. The Morgan fingerprint density at radius 3 is 1.23 bits per heavy atom. The molecule has 0 bridgehead atoms. The van der Waals surface area contributed by atoms with Gasteiger partial charge in [-0.05, 0) is 57.8 Å². The van der Waals surface area contributed by atoms with E-state index in [4.69, 9.17) is 28.4 Å². The van der Waals surface area contributed by atoms with E-state index in [0.717, 1.165) is 77.0 Å². The number of hydrogen-bond acceptors (Lipinski definition) is 18. The van der Waals surface area contributed by atoms with Crippen LogP contribution in [0.15, 0.2) is 60.8 Å². The summed E-state index contributed by atoms with van der Waals surface area (Å²) in [5.41, 5.74) is 0. The molecule has 0 aromatic rings. The zero-order valence-electron chi connectivity index (χ0n) is 53.9. The van der Waals surface area contributed by atoms with Crippen molar-refractivity contribution in [1.82, 2.24) is 5.32 Å². The summed E-state index contributed by atoms with van der Waals surface area (Å²) in [5, 5.41) is 120. The summed E-state index contributed by atoms with van der Waals surface area (Å²) in [4.78, 5) is 13.3. The highest BCUT2D eigenvalue weighted by Crippen LogP contribution is 2.33. The maximum atomic E-state index is 13.3. The van der Waals surface area contributed by atoms with Gasteiger partial charge < -0.3 is 89.9 Å². The molecule has 3 heterocycles. The molecule has 17 unspecified atom stereocenters. The van der Waals surface area contributed by atoms with Crippen LogP contribution in [0.3, 0.4) is 0 Å². The Kier molecular flexibility index (Phi) is 46.2. The maximum absolute atomic E-state index is 13.3. The summed E-state index contributed by atoms with van der Waals surface area (Å²) < 4.78 is 34.3. The fourth-order valence-corrected chi connectivity index (χ4v) is 11.5. The van der Waals surface area contributed by atoms with Crippen LogP contribution in [0, 0.1) is 0 Å². The van der Waals surface area contributed by atoms with Crippen molar-refractivity contribution >= 4 is 5.91 Å². The van der Waals surface area contributed by atoms with E-state index in [2.05, 4.69) is 79.9 Å². The fraction of sp³-hybridized carbons (Fsp3) is 0.841. The molecule has 19 nitrogen and oxygen atoms in total. The first-order chi connectivity index (χ1) is 42.8. The van der Waals surface area contributed by atoms with Gasteiger partial charge in [0, 0.05) is 6.42 Å². The molecule has 19 heteroatoms. The summed E-state index contributed by atoms with van der Waals surface area (Å²) in [6.45, 7) is 1.63. The molecular weight excluding hydrogens is 1130 g/mol. The highest BCUT2D eigenvalue weighted by molar-refractivity contribution is 5.76. The molecule has 0 aromatic heterocycles. The fourth-order valence-electron chi connectivity index (χ4n) is 11.5. The lowest BCUT2D eigenvalue weighted by molar-refractivity contribution is -0.379. The Balaban J connectivity index is 1.29. The van der Waals surface area contributed by atoms with Crippen molar-refractivity contribution in [2.24, 2.45) is 0 Å². The number of carbonyl (C=O) groups is 1. The first-order valence-electron chi connectivity index (χ1n) is 34.5. The summed E-state index contributed by atoms with van der Waals surface area (Å²) in [7, 11) is 0. The molecule has 12 N–H and O–H groups in total. The van der Waals surface area contributed by atoms with Gasteiger partial charge in [-0.2, -0.15) is 0 Å². The lowest BCUT2D eigenvalue weighted by Gasteiger charge is -2.48. The van der Waals surface area contributed by atoms with Crippen molar-refractivity contribution in [1.29, 1.82) is 0 Å². The molecule has 1 amide bonds. The average molecular weight is 1250 g/mol. The van der Waals surface area contributed by atoms with E-state index in [1.54, 1.807) is 0 Å². The predicted octanol–water partition coefficient (Wildman–Crippen LogP) is 8.77. The number of carbonyl (C=O) groups excluding carboxylic acids is 1. The lowest BCUT2D eigenvalue weighted by atomic mass is 9.96. The van der Waals surface area contributed by atoms with Crippen LogP contribution in [0.2, 0.25) is 0 Å². The molecule has 88 heavy (non-hydrogen) atoms. The van der Waals surface area contributed by atoms with Crippen molar-refractivity contribution in [2.45, 2.75) is 343 Å². The van der Waals surface area contributed by atoms with Crippen molar-refractivity contribution in [2.75, 3.05) is 26.4 Å². The summed E-state index contributed by atoms with van der Waals surface area (Å²) >= 11 is 0. The Morgan fingerprint density at radius 2 is 0.784 bits per heavy atom. The molecule has 17 atom stereocenters. The average Bonchev–Trinajstić information content (AvgIpc) is 1.15. The zero-order valence-corrected chi connectivity index (χ0v) is 53.9. The first-order valence-corrected chi connectivity index (χ1v) is 34.5. The van der Waals surface area contributed by atoms with Gasteiger partial charge in [-0.3, -0.25) is 4.79 Å². The number of allylic oxidation sites excluding steroid dienone is 10. The van der Waals surface area contributed by atoms with Gasteiger partial charge in [0.25, 0.3) is 0 Å². The van der Waals surface area contributed by atoms with E-state index >= 15 is 0 Å². The first kappa shape index (κ1) is 79.7. The second-order valence-electron chi connectivity index (χ2n) is 24.6. The molecule has 0 radical (unpaired) electrons. The van der Waals surface area contributed by atoms with Gasteiger partial charge >= 0.3 is 0 Å². The third kappa shape index (κ3) is 32.9. The van der Waals surface area contributed by atoms with Crippen molar-refractivity contribution in [3.05, 3.63) is 60.8 Å². The van der Waals surface area contributed by atoms with Gasteiger partial charge in [-0.25, -0.2) is 0 Å². The van der Waals surface area contributed by atoms with Crippen LogP contribution >= 0.6 is 0 Å². The second kappa shape index (κ2) is 51.0. The molecular formula is C69H123NO18. The number of aliphatic hydroxyl groups excluding tert-OH is 11. The van der Waals surface area contributed by atoms with Crippen LogP contribution in [0.1, 0.15) is 239 Å². The van der Waals surface area contributed by atoms with E-state index in [9.17, 15) is 61.0 Å². The monoisotopic (exact) mass is 1250 g/mol. The van der Waals surface area contributed by atoms with Crippen LogP contribution < -0.4 is 5.32 Å². The molecule has 0 aliphatic carbocycles. The number of amides is 1. The standard InChI is InChI=1S/C69H123NO18/c1-3-5-7-9-11-13-14-15-16-17-18-19-20-21-22-23-24-25-26-27-28-29-30-31-32-33-34-35-36-37-38-39-41-43-45-47-57(75)70-52(53(74)46-44-42-40-12-10-8-6-4-2)51-83-67-63(81)60(78)65(55(49-72)85-67)88-69-64(82)61(79)66(56(50-73)86-69)87-68-62(80)59(77)58(76)54(48-71)84-68/h5,7,11,13,15-16,18-19,21-22,52-56,58-69,71-74,76-82H,3-4,6,8-10,12,14,17,20,23-51H2,1-2H3,(H,70,75)/b7-5-,13-11-,16-15-,19-18-,22-21-. The minimum absolute atomic E-state index is 0.245.